The van der Waals surface area contributed by atoms with Gasteiger partial charge in [-0.1, -0.05) is 6.07 Å². The molecule has 0 saturated carbocycles. The molecule has 0 radical (unpaired) electrons. The fourth-order valence-corrected chi connectivity index (χ4v) is 3.70. The van der Waals surface area contributed by atoms with Crippen molar-refractivity contribution in [2.75, 3.05) is 0 Å². The highest BCUT2D eigenvalue weighted by Crippen LogP contribution is 2.22. The molecule has 29 heavy (non-hydrogen) atoms. The van der Waals surface area contributed by atoms with Crippen LogP contribution in [0.15, 0.2) is 47.4 Å². The maximum Gasteiger partial charge on any atom is 0.338 e. The number of nitrogens with zero attached hydrogens (tertiary/aromatic N) is 1. The predicted octanol–water partition coefficient (Wildman–Crippen LogP) is 1.74. The van der Waals surface area contributed by atoms with E-state index in [1.807, 2.05) is 0 Å². The van der Waals surface area contributed by atoms with Crippen molar-refractivity contribution in [1.29, 1.82) is 0 Å². The van der Waals surface area contributed by atoms with E-state index in [1.54, 1.807) is 13.8 Å². The maximum atomic E-state index is 12.3. The van der Waals surface area contributed by atoms with Crippen LogP contribution in [0.1, 0.15) is 40.1 Å². The molecule has 0 bridgehead atoms. The number of rotatable bonds is 8. The normalized spacial score (nSPS) is 11.3. The highest BCUT2D eigenvalue weighted by atomic mass is 32.2. The van der Waals surface area contributed by atoms with Gasteiger partial charge in [0.05, 0.1) is 20.9 Å². The average molecular weight is 421 g/mol. The number of carbonyl (C=O) groups excluding carboxylic acids is 2. The van der Waals surface area contributed by atoms with E-state index in [0.29, 0.717) is 0 Å². The number of sulfonamides is 1. The number of nitrogens with one attached hydrogen (secondary N) is 1. The number of nitrogens with two attached hydrogens (primary N) is 1. The van der Waals surface area contributed by atoms with Gasteiger partial charge in [-0.25, -0.2) is 17.9 Å². The zero-order valence-electron chi connectivity index (χ0n) is 15.6. The molecule has 2 aromatic rings. The first-order valence-electron chi connectivity index (χ1n) is 8.38. The Kier molecular flexibility index (Phi) is 6.67. The molecule has 0 aliphatic rings. The number of hydrogen-bond acceptors (Lipinski definition) is 7. The fourth-order valence-electron chi connectivity index (χ4n) is 2.40. The number of ether oxygens (including phenoxy) is 1. The number of benzene rings is 2. The predicted molar refractivity (Wildman–Crippen MR) is 103 cm³/mol. The zero-order valence-corrected chi connectivity index (χ0v) is 16.4. The van der Waals surface area contributed by atoms with Crippen molar-refractivity contribution in [2.45, 2.75) is 31.4 Å². The van der Waals surface area contributed by atoms with Crippen molar-refractivity contribution in [3.8, 4) is 0 Å². The van der Waals surface area contributed by atoms with Crippen LogP contribution < -0.4 is 10.5 Å². The highest BCUT2D eigenvalue weighted by molar-refractivity contribution is 7.89. The Labute approximate surface area is 166 Å². The summed E-state index contributed by atoms with van der Waals surface area (Å²) in [4.78, 5) is 33.8. The van der Waals surface area contributed by atoms with Crippen LogP contribution >= 0.6 is 0 Å². The first-order valence-corrected chi connectivity index (χ1v) is 9.86. The second-order valence-electron chi connectivity index (χ2n) is 6.34. The monoisotopic (exact) mass is 421 g/mol. The summed E-state index contributed by atoms with van der Waals surface area (Å²) in [5.74, 6) is -1.69. The van der Waals surface area contributed by atoms with Crippen molar-refractivity contribution >= 4 is 27.6 Å². The van der Waals surface area contributed by atoms with Gasteiger partial charge in [0.15, 0.2) is 0 Å². The molecule has 3 N–H and O–H groups in total. The molecular weight excluding hydrogens is 402 g/mol. The first kappa shape index (κ1) is 22.0. The minimum Gasteiger partial charge on any atom is -0.457 e. The van der Waals surface area contributed by atoms with E-state index in [0.717, 1.165) is 12.1 Å². The Bertz CT molecular complexity index is 1060. The lowest BCUT2D eigenvalue weighted by molar-refractivity contribution is -0.385. The van der Waals surface area contributed by atoms with Crippen LogP contribution in [-0.4, -0.2) is 31.3 Å². The summed E-state index contributed by atoms with van der Waals surface area (Å²) in [6, 6.07) is 8.43. The van der Waals surface area contributed by atoms with Crippen LogP contribution in [0.4, 0.5) is 5.69 Å². The molecule has 0 heterocycles. The summed E-state index contributed by atoms with van der Waals surface area (Å²) in [7, 11) is -3.80. The number of nitro benzene ring substituents is 1. The van der Waals surface area contributed by atoms with Gasteiger partial charge in [0.2, 0.25) is 15.9 Å². The fraction of sp³-hybridized carbons (Fsp3) is 0.222. The molecule has 0 saturated heterocycles. The van der Waals surface area contributed by atoms with E-state index in [1.165, 1.54) is 30.3 Å². The van der Waals surface area contributed by atoms with Crippen molar-refractivity contribution in [3.05, 3.63) is 69.3 Å². The standard InChI is InChI=1S/C18H19N3O7S/c1-11(2)20-29(26,27)15-5-3-4-13(8-15)18(23)28-10-14-7-6-12(17(19)22)9-16(14)21(24)25/h3-9,11,20H,10H2,1-2H3,(H2,19,22). The molecule has 2 rings (SSSR count). The third kappa shape index (κ3) is 5.59. The molecule has 0 aromatic heterocycles. The molecule has 0 atom stereocenters. The van der Waals surface area contributed by atoms with E-state index >= 15 is 0 Å². The second-order valence-corrected chi connectivity index (χ2v) is 8.06. The Morgan fingerprint density at radius 1 is 1.17 bits per heavy atom. The molecule has 2 aromatic carbocycles. The number of nitro groups is 1. The van der Waals surface area contributed by atoms with Crippen LogP contribution in [-0.2, 0) is 21.4 Å². The van der Waals surface area contributed by atoms with Crippen molar-refractivity contribution in [3.63, 3.8) is 0 Å². The van der Waals surface area contributed by atoms with Gasteiger partial charge < -0.3 is 10.5 Å². The van der Waals surface area contributed by atoms with Crippen molar-refractivity contribution in [1.82, 2.24) is 4.72 Å². The zero-order chi connectivity index (χ0) is 21.8. The van der Waals surface area contributed by atoms with Gasteiger partial charge in [-0.3, -0.25) is 14.9 Å². The van der Waals surface area contributed by atoms with Crippen LogP contribution in [0.5, 0.6) is 0 Å². The third-order valence-electron chi connectivity index (χ3n) is 3.70. The van der Waals surface area contributed by atoms with Crippen molar-refractivity contribution in [2.24, 2.45) is 5.73 Å². The Morgan fingerprint density at radius 3 is 2.45 bits per heavy atom. The number of carbonyl (C=O) groups is 2. The largest absolute Gasteiger partial charge is 0.457 e. The van der Waals surface area contributed by atoms with Gasteiger partial charge in [0.25, 0.3) is 5.69 Å². The highest BCUT2D eigenvalue weighted by Gasteiger charge is 2.20. The topological polar surface area (TPSA) is 159 Å². The van der Waals surface area contributed by atoms with E-state index in [4.69, 9.17) is 10.5 Å². The molecule has 10 nitrogen and oxygen atoms in total. The summed E-state index contributed by atoms with van der Waals surface area (Å²) in [6.45, 7) is 2.87. The first-order chi connectivity index (χ1) is 13.5. The number of esters is 1. The van der Waals surface area contributed by atoms with Gasteiger partial charge >= 0.3 is 5.97 Å². The van der Waals surface area contributed by atoms with Gasteiger partial charge in [0.1, 0.15) is 6.61 Å². The van der Waals surface area contributed by atoms with Crippen LogP contribution in [0.25, 0.3) is 0 Å². The molecule has 11 heteroatoms. The Hall–Kier alpha value is -3.31. The number of amides is 1. The molecule has 154 valence electrons. The summed E-state index contributed by atoms with van der Waals surface area (Å²) in [5, 5.41) is 11.2. The molecule has 0 fully saturated rings. The minimum atomic E-state index is -3.80. The number of hydrogen-bond donors (Lipinski definition) is 2. The Balaban J connectivity index is 2.21. The van der Waals surface area contributed by atoms with Crippen molar-refractivity contribution < 1.29 is 27.7 Å². The van der Waals surface area contributed by atoms with Crippen LogP contribution in [0.2, 0.25) is 0 Å². The summed E-state index contributed by atoms with van der Waals surface area (Å²) in [6.07, 6.45) is 0. The molecule has 0 spiro atoms. The second kappa shape index (κ2) is 8.80. The average Bonchev–Trinajstić information content (AvgIpc) is 2.64. The lowest BCUT2D eigenvalue weighted by atomic mass is 10.1. The lowest BCUT2D eigenvalue weighted by Gasteiger charge is -2.11. The molecule has 0 aliphatic heterocycles. The van der Waals surface area contributed by atoms with Gasteiger partial charge in [-0.05, 0) is 44.2 Å². The molecule has 1 amide bonds. The van der Waals surface area contributed by atoms with Gasteiger partial charge in [-0.15, -0.1) is 0 Å². The maximum absolute atomic E-state index is 12.3. The lowest BCUT2D eigenvalue weighted by Crippen LogP contribution is -2.30. The smallest absolute Gasteiger partial charge is 0.338 e. The molecule has 0 unspecified atom stereocenters. The van der Waals surface area contributed by atoms with E-state index in [2.05, 4.69) is 4.72 Å². The summed E-state index contributed by atoms with van der Waals surface area (Å²) in [5.41, 5.74) is 4.65. The number of primary amides is 1. The van der Waals surface area contributed by atoms with Crippen LogP contribution in [0.3, 0.4) is 0 Å². The van der Waals surface area contributed by atoms with Gasteiger partial charge in [0, 0.05) is 17.7 Å². The van der Waals surface area contributed by atoms with E-state index < -0.39 is 39.1 Å². The Morgan fingerprint density at radius 2 is 1.86 bits per heavy atom. The van der Waals surface area contributed by atoms with E-state index in [-0.39, 0.29) is 27.6 Å². The SMILES string of the molecule is CC(C)NS(=O)(=O)c1cccc(C(=O)OCc2ccc(C(N)=O)cc2[N+](=O)[O-])c1. The minimum absolute atomic E-state index is 0.0342. The van der Waals surface area contributed by atoms with E-state index in [9.17, 15) is 28.1 Å². The quantitative estimate of drug-likeness (QED) is 0.373. The van der Waals surface area contributed by atoms with Crippen LogP contribution in [0, 0.1) is 10.1 Å². The van der Waals surface area contributed by atoms with Gasteiger partial charge in [-0.2, -0.15) is 0 Å². The summed E-state index contributed by atoms with van der Waals surface area (Å²) >= 11 is 0. The summed E-state index contributed by atoms with van der Waals surface area (Å²) < 4.78 is 31.9. The third-order valence-corrected chi connectivity index (χ3v) is 5.35. The molecule has 0 aliphatic carbocycles. The molecular formula is C18H19N3O7S.